The van der Waals surface area contributed by atoms with E-state index < -0.39 is 9.84 Å². The summed E-state index contributed by atoms with van der Waals surface area (Å²) in [4.78, 5) is 21.1. The van der Waals surface area contributed by atoms with Gasteiger partial charge in [-0.15, -0.1) is 0 Å². The highest BCUT2D eigenvalue weighted by atomic mass is 32.2. The molecule has 0 saturated heterocycles. The number of nitrogens with zero attached hydrogens (tertiary/aromatic N) is 3. The van der Waals surface area contributed by atoms with Gasteiger partial charge in [0.2, 0.25) is 11.7 Å². The van der Waals surface area contributed by atoms with Crippen molar-refractivity contribution in [1.82, 2.24) is 14.4 Å². The van der Waals surface area contributed by atoms with Gasteiger partial charge in [-0.3, -0.25) is 9.20 Å². The number of nitrogens with one attached hydrogen (secondary N) is 1. The van der Waals surface area contributed by atoms with Crippen LogP contribution in [0.5, 0.6) is 0 Å². The SMILES string of the molecule is Cc1ccc(S(=O)(=O)CCC(=O)Nc2ccc(-c3cn4cccnc4n3)cc2)cc1. The van der Waals surface area contributed by atoms with Crippen LogP contribution in [-0.2, 0) is 14.6 Å². The van der Waals surface area contributed by atoms with Gasteiger partial charge in [0.1, 0.15) is 0 Å². The van der Waals surface area contributed by atoms with Gasteiger partial charge in [0.05, 0.1) is 16.3 Å². The van der Waals surface area contributed by atoms with Crippen molar-refractivity contribution in [3.05, 3.63) is 78.8 Å². The van der Waals surface area contributed by atoms with E-state index >= 15 is 0 Å². The molecule has 30 heavy (non-hydrogen) atoms. The highest BCUT2D eigenvalue weighted by Gasteiger charge is 2.16. The third kappa shape index (κ3) is 4.38. The minimum absolute atomic E-state index is 0.115. The maximum Gasteiger partial charge on any atom is 0.234 e. The van der Waals surface area contributed by atoms with E-state index in [-0.39, 0.29) is 23.0 Å². The summed E-state index contributed by atoms with van der Waals surface area (Å²) in [6, 6.07) is 15.7. The average molecular weight is 420 g/mol. The van der Waals surface area contributed by atoms with Gasteiger partial charge < -0.3 is 5.32 Å². The predicted molar refractivity (Wildman–Crippen MR) is 115 cm³/mol. The standard InChI is InChI=1S/C22H20N4O3S/c1-16-3-9-19(10-4-16)30(28,29)14-11-21(27)24-18-7-5-17(6-8-18)20-15-26-13-2-12-23-22(26)25-20/h2-10,12-13,15H,11,14H2,1H3,(H,24,27). The summed E-state index contributed by atoms with van der Waals surface area (Å²) in [5.41, 5.74) is 3.24. The summed E-state index contributed by atoms with van der Waals surface area (Å²) < 4.78 is 26.6. The van der Waals surface area contributed by atoms with Crippen molar-refractivity contribution in [1.29, 1.82) is 0 Å². The summed E-state index contributed by atoms with van der Waals surface area (Å²) in [6.45, 7) is 1.89. The fourth-order valence-electron chi connectivity index (χ4n) is 3.01. The largest absolute Gasteiger partial charge is 0.326 e. The molecule has 1 amide bonds. The number of hydrogen-bond donors (Lipinski definition) is 1. The number of fused-ring (bicyclic) bond motifs is 1. The van der Waals surface area contributed by atoms with Crippen molar-refractivity contribution < 1.29 is 13.2 Å². The van der Waals surface area contributed by atoms with Gasteiger partial charge in [0, 0.05) is 36.3 Å². The molecular weight excluding hydrogens is 400 g/mol. The van der Waals surface area contributed by atoms with E-state index in [1.165, 1.54) is 0 Å². The summed E-state index contributed by atoms with van der Waals surface area (Å²) in [5.74, 6) is 0.0174. The lowest BCUT2D eigenvalue weighted by Gasteiger charge is -2.07. The summed E-state index contributed by atoms with van der Waals surface area (Å²) in [6.07, 6.45) is 5.32. The number of amides is 1. The minimum atomic E-state index is -3.50. The van der Waals surface area contributed by atoms with Crippen LogP contribution in [0.25, 0.3) is 17.0 Å². The fourth-order valence-corrected chi connectivity index (χ4v) is 4.25. The molecule has 0 aliphatic carbocycles. The Bertz CT molecular complexity index is 1260. The number of benzene rings is 2. The number of aromatic nitrogens is 3. The molecule has 152 valence electrons. The third-order valence-corrected chi connectivity index (χ3v) is 6.41. The zero-order valence-corrected chi connectivity index (χ0v) is 17.1. The number of hydrogen-bond acceptors (Lipinski definition) is 5. The first-order valence-electron chi connectivity index (χ1n) is 9.40. The molecule has 0 saturated carbocycles. The number of aryl methyl sites for hydroxylation is 1. The van der Waals surface area contributed by atoms with Crippen LogP contribution in [0.4, 0.5) is 5.69 Å². The van der Waals surface area contributed by atoms with Crippen LogP contribution in [0.3, 0.4) is 0 Å². The van der Waals surface area contributed by atoms with Gasteiger partial charge in [-0.05, 0) is 37.3 Å². The Hall–Kier alpha value is -3.52. The Balaban J connectivity index is 1.38. The van der Waals surface area contributed by atoms with Crippen LogP contribution in [0.2, 0.25) is 0 Å². The number of sulfone groups is 1. The lowest BCUT2D eigenvalue weighted by Crippen LogP contribution is -2.17. The molecule has 0 fully saturated rings. The number of carbonyl (C=O) groups excluding carboxylic acids is 1. The first kappa shape index (κ1) is 19.8. The second kappa shape index (κ2) is 8.08. The molecule has 2 aromatic carbocycles. The molecule has 0 radical (unpaired) electrons. The molecule has 0 bridgehead atoms. The molecule has 0 unspecified atom stereocenters. The molecule has 2 aromatic heterocycles. The van der Waals surface area contributed by atoms with E-state index in [4.69, 9.17) is 0 Å². The van der Waals surface area contributed by atoms with Crippen molar-refractivity contribution in [3.8, 4) is 11.3 Å². The second-order valence-electron chi connectivity index (χ2n) is 6.96. The van der Waals surface area contributed by atoms with Crippen LogP contribution in [0.1, 0.15) is 12.0 Å². The Labute approximate surface area is 174 Å². The Morgan fingerprint density at radius 2 is 1.80 bits per heavy atom. The summed E-state index contributed by atoms with van der Waals surface area (Å²) in [5, 5.41) is 2.74. The molecule has 4 rings (SSSR count). The smallest absolute Gasteiger partial charge is 0.234 e. The first-order chi connectivity index (χ1) is 14.4. The molecule has 0 spiro atoms. The van der Waals surface area contributed by atoms with Gasteiger partial charge in [0.25, 0.3) is 0 Å². The predicted octanol–water partition coefficient (Wildman–Crippen LogP) is 3.51. The van der Waals surface area contributed by atoms with Gasteiger partial charge in [-0.2, -0.15) is 0 Å². The molecule has 1 N–H and O–H groups in total. The maximum atomic E-state index is 12.4. The van der Waals surface area contributed by atoms with Gasteiger partial charge >= 0.3 is 0 Å². The van der Waals surface area contributed by atoms with Crippen LogP contribution < -0.4 is 5.32 Å². The van der Waals surface area contributed by atoms with Crippen LogP contribution in [-0.4, -0.2) is 34.4 Å². The van der Waals surface area contributed by atoms with E-state index in [9.17, 15) is 13.2 Å². The molecular formula is C22H20N4O3S. The van der Waals surface area contributed by atoms with Crippen molar-refractivity contribution in [2.24, 2.45) is 0 Å². The number of carbonyl (C=O) groups is 1. The molecule has 4 aromatic rings. The van der Waals surface area contributed by atoms with Crippen LogP contribution in [0.15, 0.2) is 78.1 Å². The second-order valence-corrected chi connectivity index (χ2v) is 9.07. The molecule has 0 atom stereocenters. The lowest BCUT2D eigenvalue weighted by atomic mass is 10.1. The molecule has 0 aliphatic rings. The highest BCUT2D eigenvalue weighted by molar-refractivity contribution is 7.91. The third-order valence-electron chi connectivity index (χ3n) is 4.68. The topological polar surface area (TPSA) is 93.4 Å². The van der Waals surface area contributed by atoms with E-state index in [1.54, 1.807) is 42.6 Å². The Morgan fingerprint density at radius 1 is 1.07 bits per heavy atom. The first-order valence-corrected chi connectivity index (χ1v) is 11.1. The normalized spacial score (nSPS) is 11.5. The van der Waals surface area contributed by atoms with E-state index in [1.807, 2.05) is 41.9 Å². The zero-order valence-electron chi connectivity index (χ0n) is 16.3. The minimum Gasteiger partial charge on any atom is -0.326 e. The van der Waals surface area contributed by atoms with Crippen molar-refractivity contribution in [3.63, 3.8) is 0 Å². The Morgan fingerprint density at radius 3 is 2.50 bits per heavy atom. The van der Waals surface area contributed by atoms with E-state index in [0.717, 1.165) is 16.8 Å². The zero-order chi connectivity index (χ0) is 21.1. The van der Waals surface area contributed by atoms with Crippen molar-refractivity contribution in [2.75, 3.05) is 11.1 Å². The number of imidazole rings is 1. The number of anilines is 1. The monoisotopic (exact) mass is 420 g/mol. The number of rotatable bonds is 6. The average Bonchev–Trinajstić information content (AvgIpc) is 3.17. The fraction of sp³-hybridized carbons (Fsp3) is 0.136. The van der Waals surface area contributed by atoms with Crippen LogP contribution >= 0.6 is 0 Å². The quantitative estimate of drug-likeness (QED) is 0.515. The van der Waals surface area contributed by atoms with Gasteiger partial charge in [-0.1, -0.05) is 29.8 Å². The molecule has 8 heteroatoms. The van der Waals surface area contributed by atoms with Crippen LogP contribution in [0, 0.1) is 6.92 Å². The lowest BCUT2D eigenvalue weighted by molar-refractivity contribution is -0.115. The van der Waals surface area contributed by atoms with Gasteiger partial charge in [0.15, 0.2) is 9.84 Å². The molecule has 7 nitrogen and oxygen atoms in total. The van der Waals surface area contributed by atoms with E-state index in [0.29, 0.717) is 11.5 Å². The van der Waals surface area contributed by atoms with Gasteiger partial charge in [-0.25, -0.2) is 18.4 Å². The summed E-state index contributed by atoms with van der Waals surface area (Å²) in [7, 11) is -3.50. The van der Waals surface area contributed by atoms with Crippen molar-refractivity contribution in [2.45, 2.75) is 18.2 Å². The molecule has 2 heterocycles. The van der Waals surface area contributed by atoms with E-state index in [2.05, 4.69) is 15.3 Å². The Kier molecular flexibility index (Phi) is 5.33. The molecule has 0 aliphatic heterocycles. The van der Waals surface area contributed by atoms with Crippen molar-refractivity contribution >= 4 is 27.2 Å². The maximum absolute atomic E-state index is 12.4. The summed E-state index contributed by atoms with van der Waals surface area (Å²) >= 11 is 0. The highest BCUT2D eigenvalue weighted by Crippen LogP contribution is 2.21.